The maximum absolute atomic E-state index is 8.75. The smallest absolute Gasteiger partial charge is 0.0663 e. The monoisotopic (exact) mass is 301 g/mol. The summed E-state index contributed by atoms with van der Waals surface area (Å²) in [4.78, 5) is 3.52. The summed E-state index contributed by atoms with van der Waals surface area (Å²) < 4.78 is 0. The van der Waals surface area contributed by atoms with Crippen molar-refractivity contribution in [2.24, 2.45) is 0 Å². The number of hydrogen-bond acceptors (Lipinski definition) is 2. The summed E-state index contributed by atoms with van der Waals surface area (Å²) in [6, 6.07) is 20.8. The number of rotatable bonds is 6. The molecule has 3 nitrogen and oxygen atoms in total. The zero-order valence-corrected chi connectivity index (χ0v) is 12.9. The molecule has 2 aromatic carbocycles. The summed E-state index contributed by atoms with van der Waals surface area (Å²) in [6.45, 7) is 4.59. The molecule has 0 spiro atoms. The zero-order valence-electron chi connectivity index (χ0n) is 12.9. The Bertz CT molecular complexity index is 840. The summed E-state index contributed by atoms with van der Waals surface area (Å²) >= 11 is 0. The van der Waals surface area contributed by atoms with Gasteiger partial charge in [0, 0.05) is 35.1 Å². The summed E-state index contributed by atoms with van der Waals surface area (Å²) in [5.41, 5.74) is 4.56. The van der Waals surface area contributed by atoms with E-state index in [4.69, 9.17) is 5.26 Å². The number of aromatic nitrogens is 1. The number of aromatic amines is 1. The number of hydrogen-bond donors (Lipinski definition) is 2. The first-order valence-corrected chi connectivity index (χ1v) is 7.74. The maximum Gasteiger partial charge on any atom is 0.0663 e. The van der Waals surface area contributed by atoms with E-state index >= 15 is 0 Å². The summed E-state index contributed by atoms with van der Waals surface area (Å²) in [5.74, 6) is 0. The Morgan fingerprint density at radius 3 is 2.61 bits per heavy atom. The Kier molecular flexibility index (Phi) is 4.56. The number of benzene rings is 2. The van der Waals surface area contributed by atoms with E-state index < -0.39 is 0 Å². The number of nitrogens with one attached hydrogen (secondary N) is 2. The van der Waals surface area contributed by atoms with Gasteiger partial charge >= 0.3 is 0 Å². The number of para-hydroxylation sites is 1. The molecule has 0 aliphatic rings. The van der Waals surface area contributed by atoms with Crippen molar-refractivity contribution in [3.05, 3.63) is 72.9 Å². The standard InChI is InChI=1S/C20H19N3/c1-2-17(22-14-8-13-21)20-19(15-9-4-3-5-10-15)16-11-6-7-12-18(16)23-20/h2-7,9-12,17,22-23H,1,8,14H2. The molecule has 0 amide bonds. The van der Waals surface area contributed by atoms with Crippen molar-refractivity contribution >= 4 is 10.9 Å². The van der Waals surface area contributed by atoms with Gasteiger partial charge in [0.05, 0.1) is 12.1 Å². The lowest BCUT2D eigenvalue weighted by Gasteiger charge is -2.15. The average Bonchev–Trinajstić information content (AvgIpc) is 2.99. The zero-order chi connectivity index (χ0) is 16.1. The normalized spacial score (nSPS) is 12.0. The van der Waals surface area contributed by atoms with Gasteiger partial charge in [-0.3, -0.25) is 0 Å². The van der Waals surface area contributed by atoms with Crippen LogP contribution in [-0.2, 0) is 0 Å². The van der Waals surface area contributed by atoms with Crippen LogP contribution in [0, 0.1) is 11.3 Å². The lowest BCUT2D eigenvalue weighted by Crippen LogP contribution is -2.21. The molecule has 3 rings (SSSR count). The molecule has 1 heterocycles. The number of nitrogens with zero attached hydrogens (tertiary/aromatic N) is 1. The minimum Gasteiger partial charge on any atom is -0.356 e. The van der Waals surface area contributed by atoms with Crippen molar-refractivity contribution in [2.45, 2.75) is 12.5 Å². The first kappa shape index (κ1) is 15.1. The van der Waals surface area contributed by atoms with Crippen molar-refractivity contribution in [1.29, 1.82) is 5.26 Å². The Balaban J connectivity index is 2.12. The predicted octanol–water partition coefficient (Wildman–Crippen LogP) is 4.57. The van der Waals surface area contributed by atoms with Crippen molar-refractivity contribution in [2.75, 3.05) is 6.54 Å². The molecule has 0 aliphatic carbocycles. The van der Waals surface area contributed by atoms with Crippen molar-refractivity contribution in [3.8, 4) is 17.2 Å². The molecule has 0 bridgehead atoms. The van der Waals surface area contributed by atoms with E-state index in [1.165, 1.54) is 16.5 Å². The maximum atomic E-state index is 8.75. The molecule has 3 aromatic rings. The fourth-order valence-electron chi connectivity index (χ4n) is 2.90. The first-order valence-electron chi connectivity index (χ1n) is 7.74. The Morgan fingerprint density at radius 2 is 1.87 bits per heavy atom. The highest BCUT2D eigenvalue weighted by Crippen LogP contribution is 2.35. The van der Waals surface area contributed by atoms with Crippen LogP contribution in [0.15, 0.2) is 67.3 Å². The van der Waals surface area contributed by atoms with Crippen molar-refractivity contribution < 1.29 is 0 Å². The molecule has 1 unspecified atom stereocenters. The Labute approximate surface area is 136 Å². The second-order valence-electron chi connectivity index (χ2n) is 5.40. The molecule has 0 radical (unpaired) electrons. The van der Waals surface area contributed by atoms with E-state index in [0.29, 0.717) is 13.0 Å². The Hall–Kier alpha value is -2.83. The van der Waals surface area contributed by atoms with Gasteiger partial charge < -0.3 is 10.3 Å². The molecule has 0 saturated heterocycles. The van der Waals surface area contributed by atoms with Crippen LogP contribution in [0.4, 0.5) is 0 Å². The largest absolute Gasteiger partial charge is 0.356 e. The number of H-pyrrole nitrogens is 1. The molecule has 2 N–H and O–H groups in total. The molecule has 0 saturated carbocycles. The first-order chi connectivity index (χ1) is 11.3. The summed E-state index contributed by atoms with van der Waals surface area (Å²) in [6.07, 6.45) is 2.36. The molecule has 1 aromatic heterocycles. The molecule has 114 valence electrons. The van der Waals surface area contributed by atoms with E-state index in [9.17, 15) is 0 Å². The fourth-order valence-corrected chi connectivity index (χ4v) is 2.90. The highest BCUT2D eigenvalue weighted by Gasteiger charge is 2.18. The van der Waals surface area contributed by atoms with Crippen molar-refractivity contribution in [1.82, 2.24) is 10.3 Å². The van der Waals surface area contributed by atoms with E-state index in [-0.39, 0.29) is 6.04 Å². The van der Waals surface area contributed by atoms with Gasteiger partial charge in [0.2, 0.25) is 0 Å². The van der Waals surface area contributed by atoms with Crippen LogP contribution in [0.3, 0.4) is 0 Å². The molecule has 0 aliphatic heterocycles. The molecule has 1 atom stereocenters. The minimum atomic E-state index is -0.0223. The molecule has 3 heteroatoms. The minimum absolute atomic E-state index is 0.0223. The van der Waals surface area contributed by atoms with E-state index in [1.54, 1.807) is 0 Å². The van der Waals surface area contributed by atoms with Crippen LogP contribution >= 0.6 is 0 Å². The lowest BCUT2D eigenvalue weighted by molar-refractivity contribution is 0.621. The van der Waals surface area contributed by atoms with Gasteiger partial charge in [0.15, 0.2) is 0 Å². The van der Waals surface area contributed by atoms with E-state index in [2.05, 4.69) is 53.3 Å². The quantitative estimate of drug-likeness (QED) is 0.518. The van der Waals surface area contributed by atoms with E-state index in [1.807, 2.05) is 30.3 Å². The second kappa shape index (κ2) is 6.95. The topological polar surface area (TPSA) is 51.6 Å². The molecular weight excluding hydrogens is 282 g/mol. The SMILES string of the molecule is C=CC(NCCC#N)c1[nH]c2ccccc2c1-c1ccccc1. The average molecular weight is 301 g/mol. The van der Waals surface area contributed by atoms with Crippen LogP contribution in [0.25, 0.3) is 22.0 Å². The lowest BCUT2D eigenvalue weighted by atomic mass is 9.98. The van der Waals surface area contributed by atoms with Gasteiger partial charge in [0.1, 0.15) is 0 Å². The van der Waals surface area contributed by atoms with Crippen molar-refractivity contribution in [3.63, 3.8) is 0 Å². The Morgan fingerprint density at radius 1 is 1.13 bits per heavy atom. The molecule has 23 heavy (non-hydrogen) atoms. The van der Waals surface area contributed by atoms with E-state index in [0.717, 1.165) is 11.2 Å². The number of nitriles is 1. The van der Waals surface area contributed by atoms with Gasteiger partial charge in [-0.05, 0) is 11.6 Å². The van der Waals surface area contributed by atoms with Crippen LogP contribution in [-0.4, -0.2) is 11.5 Å². The van der Waals surface area contributed by atoms with Gasteiger partial charge in [-0.1, -0.05) is 54.6 Å². The van der Waals surface area contributed by atoms with Crippen LogP contribution in [0.2, 0.25) is 0 Å². The van der Waals surface area contributed by atoms with Gasteiger partial charge in [-0.15, -0.1) is 6.58 Å². The summed E-state index contributed by atoms with van der Waals surface area (Å²) in [7, 11) is 0. The molecular formula is C20H19N3. The second-order valence-corrected chi connectivity index (χ2v) is 5.40. The third kappa shape index (κ3) is 3.03. The fraction of sp³-hybridized carbons (Fsp3) is 0.150. The number of fused-ring (bicyclic) bond motifs is 1. The highest BCUT2D eigenvalue weighted by atomic mass is 14.9. The highest BCUT2D eigenvalue weighted by molar-refractivity contribution is 5.97. The van der Waals surface area contributed by atoms with Crippen LogP contribution < -0.4 is 5.32 Å². The third-order valence-electron chi connectivity index (χ3n) is 3.95. The van der Waals surface area contributed by atoms with Gasteiger partial charge in [0.25, 0.3) is 0 Å². The summed E-state index contributed by atoms with van der Waals surface area (Å²) in [5, 5.41) is 13.3. The molecule has 0 fully saturated rings. The third-order valence-corrected chi connectivity index (χ3v) is 3.95. The van der Waals surface area contributed by atoms with Crippen LogP contribution in [0.5, 0.6) is 0 Å². The van der Waals surface area contributed by atoms with Crippen LogP contribution in [0.1, 0.15) is 18.2 Å². The van der Waals surface area contributed by atoms with Gasteiger partial charge in [-0.25, -0.2) is 0 Å². The predicted molar refractivity (Wildman–Crippen MR) is 94.9 cm³/mol. The van der Waals surface area contributed by atoms with Gasteiger partial charge in [-0.2, -0.15) is 5.26 Å².